The van der Waals surface area contributed by atoms with Gasteiger partial charge in [0, 0.05) is 18.8 Å². The number of benzene rings is 1. The van der Waals surface area contributed by atoms with Crippen LogP contribution in [0.25, 0.3) is 0 Å². The van der Waals surface area contributed by atoms with Crippen molar-refractivity contribution in [1.82, 2.24) is 19.2 Å². The van der Waals surface area contributed by atoms with E-state index in [9.17, 15) is 13.2 Å². The summed E-state index contributed by atoms with van der Waals surface area (Å²) in [6.45, 7) is 2.75. The fourth-order valence-corrected chi connectivity index (χ4v) is 5.47. The molecule has 0 N–H and O–H groups in total. The smallest absolute Gasteiger partial charge is 0.265 e. The van der Waals surface area contributed by atoms with Crippen molar-refractivity contribution in [2.45, 2.75) is 36.2 Å². The summed E-state index contributed by atoms with van der Waals surface area (Å²) in [5.74, 6) is 0.537. The Morgan fingerprint density at radius 2 is 1.74 bits per heavy atom. The zero-order valence-corrected chi connectivity index (χ0v) is 16.5. The molecule has 3 heterocycles. The Morgan fingerprint density at radius 3 is 2.44 bits per heavy atom. The number of piperidine rings is 1. The summed E-state index contributed by atoms with van der Waals surface area (Å²) in [4.78, 5) is 12.5. The van der Waals surface area contributed by atoms with Crippen molar-refractivity contribution in [2.24, 2.45) is 5.10 Å². The van der Waals surface area contributed by atoms with E-state index in [-0.39, 0.29) is 16.1 Å². The number of thioether (sulfide) groups is 1. The van der Waals surface area contributed by atoms with Crippen LogP contribution in [0.15, 0.2) is 44.2 Å². The van der Waals surface area contributed by atoms with Gasteiger partial charge >= 0.3 is 0 Å². The summed E-state index contributed by atoms with van der Waals surface area (Å²) < 4.78 is 28.3. The molecule has 0 atom stereocenters. The van der Waals surface area contributed by atoms with E-state index in [1.165, 1.54) is 16.4 Å². The van der Waals surface area contributed by atoms with Gasteiger partial charge in [0.2, 0.25) is 15.2 Å². The van der Waals surface area contributed by atoms with Gasteiger partial charge in [0.25, 0.3) is 5.56 Å². The molecule has 0 unspecified atom stereocenters. The molecule has 0 spiro atoms. The average molecular weight is 406 g/mol. The zero-order chi connectivity index (χ0) is 19.0. The molecular weight excluding hydrogens is 386 g/mol. The highest BCUT2D eigenvalue weighted by atomic mass is 32.2. The Bertz CT molecular complexity index is 1050. The van der Waals surface area contributed by atoms with E-state index in [0.717, 1.165) is 24.8 Å². The van der Waals surface area contributed by atoms with Gasteiger partial charge in [0.05, 0.1) is 10.6 Å². The summed E-state index contributed by atoms with van der Waals surface area (Å²) >= 11 is 1.38. The third-order valence-corrected chi connectivity index (χ3v) is 7.51. The first-order valence-corrected chi connectivity index (χ1v) is 11.2. The maximum Gasteiger partial charge on any atom is 0.296 e. The monoisotopic (exact) mass is 405 g/mol. The predicted octanol–water partition coefficient (Wildman–Crippen LogP) is 1.48. The molecule has 0 amide bonds. The van der Waals surface area contributed by atoms with Crippen LogP contribution in [0.3, 0.4) is 0 Å². The molecule has 2 aromatic rings. The summed E-state index contributed by atoms with van der Waals surface area (Å²) in [5.41, 5.74) is 1.47. The minimum absolute atomic E-state index is 0.285. The first-order chi connectivity index (χ1) is 13.0. The standard InChI is InChI=1S/C17H19N5O3S2/c1-12-16(23)22-17(19-18-12)26-11-15(20-22)13-5-7-14(8-6-13)27(24,25)21-9-3-2-4-10-21/h5-8H,2-4,9-11H2,1H3. The molecule has 142 valence electrons. The third kappa shape index (κ3) is 3.44. The molecule has 1 aromatic heterocycles. The number of hydrogen-bond acceptors (Lipinski definition) is 7. The maximum atomic E-state index is 12.8. The van der Waals surface area contributed by atoms with Crippen molar-refractivity contribution in [2.75, 3.05) is 18.8 Å². The predicted molar refractivity (Wildman–Crippen MR) is 103 cm³/mol. The van der Waals surface area contributed by atoms with Crippen LogP contribution in [0, 0.1) is 6.92 Å². The van der Waals surface area contributed by atoms with E-state index >= 15 is 0 Å². The molecule has 0 radical (unpaired) electrons. The lowest BCUT2D eigenvalue weighted by Crippen LogP contribution is -2.35. The van der Waals surface area contributed by atoms with Gasteiger partial charge in [-0.3, -0.25) is 4.79 Å². The second kappa shape index (κ2) is 7.17. The SMILES string of the molecule is Cc1nnc2n(c1=O)N=C(c1ccc(S(=O)(=O)N3CCCCC3)cc1)CS2. The molecule has 27 heavy (non-hydrogen) atoms. The van der Waals surface area contributed by atoms with Crippen LogP contribution in [-0.4, -0.2) is 52.2 Å². The van der Waals surface area contributed by atoms with Gasteiger partial charge in [-0.1, -0.05) is 30.3 Å². The van der Waals surface area contributed by atoms with Crippen LogP contribution in [0.1, 0.15) is 30.5 Å². The normalized spacial score (nSPS) is 18.0. The van der Waals surface area contributed by atoms with E-state index in [1.54, 1.807) is 35.5 Å². The Hall–Kier alpha value is -2.04. The molecule has 0 aliphatic carbocycles. The molecule has 0 saturated carbocycles. The molecule has 8 nitrogen and oxygen atoms in total. The minimum atomic E-state index is -3.46. The van der Waals surface area contributed by atoms with Crippen molar-refractivity contribution in [1.29, 1.82) is 0 Å². The maximum absolute atomic E-state index is 12.8. The lowest BCUT2D eigenvalue weighted by atomic mass is 10.1. The summed E-state index contributed by atoms with van der Waals surface area (Å²) in [7, 11) is -3.46. The Balaban J connectivity index is 1.64. The van der Waals surface area contributed by atoms with Crippen LogP contribution in [0.5, 0.6) is 0 Å². The zero-order valence-electron chi connectivity index (χ0n) is 14.8. The third-order valence-electron chi connectivity index (χ3n) is 4.67. The Kier molecular flexibility index (Phi) is 4.87. The molecular formula is C17H19N5O3S2. The molecule has 10 heteroatoms. The fraction of sp³-hybridized carbons (Fsp3) is 0.412. The van der Waals surface area contributed by atoms with E-state index < -0.39 is 10.0 Å². The second-order valence-electron chi connectivity index (χ2n) is 6.51. The number of aryl methyl sites for hydroxylation is 1. The first kappa shape index (κ1) is 18.3. The van der Waals surface area contributed by atoms with Crippen molar-refractivity contribution in [3.8, 4) is 0 Å². The summed E-state index contributed by atoms with van der Waals surface area (Å²) in [6, 6.07) is 6.71. The molecule has 2 aliphatic heterocycles. The van der Waals surface area contributed by atoms with Crippen molar-refractivity contribution < 1.29 is 8.42 Å². The van der Waals surface area contributed by atoms with E-state index in [1.807, 2.05) is 0 Å². The molecule has 1 saturated heterocycles. The molecule has 2 aliphatic rings. The van der Waals surface area contributed by atoms with Crippen LogP contribution in [-0.2, 0) is 10.0 Å². The topological polar surface area (TPSA) is 97.5 Å². The Labute approximate surface area is 161 Å². The van der Waals surface area contributed by atoms with Crippen LogP contribution in [0.2, 0.25) is 0 Å². The number of aromatic nitrogens is 3. The molecule has 0 bridgehead atoms. The van der Waals surface area contributed by atoms with Gasteiger partial charge < -0.3 is 0 Å². The molecule has 1 aromatic carbocycles. The number of hydrogen-bond donors (Lipinski definition) is 0. The van der Waals surface area contributed by atoms with Gasteiger partial charge in [-0.15, -0.1) is 10.2 Å². The van der Waals surface area contributed by atoms with Gasteiger partial charge in [0.1, 0.15) is 5.69 Å². The van der Waals surface area contributed by atoms with Gasteiger partial charge in [0.15, 0.2) is 0 Å². The number of rotatable bonds is 3. The van der Waals surface area contributed by atoms with Gasteiger partial charge in [-0.2, -0.15) is 14.1 Å². The quantitative estimate of drug-likeness (QED) is 0.767. The van der Waals surface area contributed by atoms with Crippen LogP contribution in [0.4, 0.5) is 0 Å². The van der Waals surface area contributed by atoms with E-state index in [4.69, 9.17) is 0 Å². The number of sulfonamides is 1. The fourth-order valence-electron chi connectivity index (χ4n) is 3.12. The number of fused-ring (bicyclic) bond motifs is 1. The first-order valence-electron chi connectivity index (χ1n) is 8.74. The highest BCUT2D eigenvalue weighted by Gasteiger charge is 2.26. The van der Waals surface area contributed by atoms with Crippen LogP contribution < -0.4 is 5.56 Å². The van der Waals surface area contributed by atoms with Gasteiger partial charge in [-0.25, -0.2) is 8.42 Å². The van der Waals surface area contributed by atoms with E-state index in [2.05, 4.69) is 15.3 Å². The largest absolute Gasteiger partial charge is 0.296 e. The summed E-state index contributed by atoms with van der Waals surface area (Å²) in [5, 5.41) is 12.7. The second-order valence-corrected chi connectivity index (χ2v) is 9.39. The van der Waals surface area contributed by atoms with Crippen molar-refractivity contribution in [3.05, 3.63) is 45.9 Å². The number of nitrogens with zero attached hydrogens (tertiary/aromatic N) is 5. The lowest BCUT2D eigenvalue weighted by Gasteiger charge is -2.26. The summed E-state index contributed by atoms with van der Waals surface area (Å²) in [6.07, 6.45) is 2.89. The van der Waals surface area contributed by atoms with Crippen LogP contribution >= 0.6 is 11.8 Å². The Morgan fingerprint density at radius 1 is 1.04 bits per heavy atom. The van der Waals surface area contributed by atoms with E-state index in [0.29, 0.717) is 29.7 Å². The average Bonchev–Trinajstić information content (AvgIpc) is 2.71. The van der Waals surface area contributed by atoms with Crippen molar-refractivity contribution >= 4 is 27.5 Å². The highest BCUT2D eigenvalue weighted by molar-refractivity contribution is 7.99. The van der Waals surface area contributed by atoms with Crippen molar-refractivity contribution in [3.63, 3.8) is 0 Å². The molecule has 4 rings (SSSR count). The highest BCUT2D eigenvalue weighted by Crippen LogP contribution is 2.24. The van der Waals surface area contributed by atoms with Gasteiger partial charge in [-0.05, 0) is 37.5 Å². The lowest BCUT2D eigenvalue weighted by molar-refractivity contribution is 0.346. The minimum Gasteiger partial charge on any atom is -0.265 e. The molecule has 1 fully saturated rings.